The first-order valence-corrected chi connectivity index (χ1v) is 5.47. The smallest absolute Gasteiger partial charge is 0.319 e. The first-order chi connectivity index (χ1) is 5.90. The summed E-state index contributed by atoms with van der Waals surface area (Å²) in [5, 5.41) is 8.50. The van der Waals surface area contributed by atoms with Crippen molar-refractivity contribution in [1.82, 2.24) is 0 Å². The van der Waals surface area contributed by atoms with Crippen LogP contribution in [0.2, 0.25) is 0 Å². The molecule has 0 radical (unpaired) electrons. The Labute approximate surface area is 82.8 Å². The van der Waals surface area contributed by atoms with Crippen LogP contribution in [-0.4, -0.2) is 33.8 Å². The van der Waals surface area contributed by atoms with Crippen LogP contribution in [0.25, 0.3) is 0 Å². The summed E-state index contributed by atoms with van der Waals surface area (Å²) in [5.41, 5.74) is -0.247. The Balaban J connectivity index is 2.54. The van der Waals surface area contributed by atoms with E-state index >= 15 is 0 Å². The lowest BCUT2D eigenvalue weighted by Gasteiger charge is -2.26. The highest BCUT2D eigenvalue weighted by atomic mass is 32.2. The number of hydrogen-bond donors (Lipinski definition) is 1. The first-order valence-electron chi connectivity index (χ1n) is 4.42. The van der Waals surface area contributed by atoms with Gasteiger partial charge in [0.15, 0.2) is 0 Å². The number of hydrogen-bond acceptors (Lipinski definition) is 3. The van der Waals surface area contributed by atoms with Crippen LogP contribution < -0.4 is 0 Å². The maximum atomic E-state index is 10.8. The van der Waals surface area contributed by atoms with Gasteiger partial charge in [0.1, 0.15) is 5.25 Å². The Morgan fingerprint density at radius 2 is 2.15 bits per heavy atom. The van der Waals surface area contributed by atoms with Crippen molar-refractivity contribution in [3.05, 3.63) is 0 Å². The molecule has 1 N–H and O–H groups in total. The minimum absolute atomic E-state index is 0.123. The van der Waals surface area contributed by atoms with E-state index in [1.807, 2.05) is 20.8 Å². The second kappa shape index (κ2) is 3.88. The first kappa shape index (κ1) is 10.9. The van der Waals surface area contributed by atoms with E-state index in [-0.39, 0.29) is 17.0 Å². The van der Waals surface area contributed by atoms with E-state index in [2.05, 4.69) is 0 Å². The summed E-state index contributed by atoms with van der Waals surface area (Å²) >= 11 is 1.47. The van der Waals surface area contributed by atoms with Crippen molar-refractivity contribution in [1.29, 1.82) is 0 Å². The highest BCUT2D eigenvalue weighted by molar-refractivity contribution is 8.00. The van der Waals surface area contributed by atoms with E-state index in [9.17, 15) is 4.79 Å². The summed E-state index contributed by atoms with van der Waals surface area (Å²) in [5.74, 6) is 0.134. The normalized spacial score (nSPS) is 29.2. The number of ether oxygens (including phenoxy) is 1. The average Bonchev–Trinajstić information content (AvgIpc) is 2.31. The molecule has 13 heavy (non-hydrogen) atoms. The van der Waals surface area contributed by atoms with Gasteiger partial charge < -0.3 is 9.84 Å². The van der Waals surface area contributed by atoms with Gasteiger partial charge in [-0.05, 0) is 32.9 Å². The van der Waals surface area contributed by atoms with Crippen LogP contribution in [0.15, 0.2) is 0 Å². The summed E-state index contributed by atoms with van der Waals surface area (Å²) < 4.78 is 5.67. The number of aliphatic carboxylic acids is 1. The molecular formula is C9H16O3S. The molecule has 1 fully saturated rings. The number of carboxylic acids is 1. The largest absolute Gasteiger partial charge is 0.480 e. The lowest BCUT2D eigenvalue weighted by Crippen LogP contribution is -2.35. The summed E-state index contributed by atoms with van der Waals surface area (Å²) in [6, 6.07) is 0. The lowest BCUT2D eigenvalue weighted by atomic mass is 10.1. The van der Waals surface area contributed by atoms with Gasteiger partial charge in [0, 0.05) is 0 Å². The van der Waals surface area contributed by atoms with Crippen molar-refractivity contribution >= 4 is 17.7 Å². The Morgan fingerprint density at radius 1 is 1.54 bits per heavy atom. The molecule has 0 aromatic rings. The van der Waals surface area contributed by atoms with Gasteiger partial charge in [-0.2, -0.15) is 0 Å². The monoisotopic (exact) mass is 204 g/mol. The molecule has 3 nitrogen and oxygen atoms in total. The van der Waals surface area contributed by atoms with E-state index in [0.29, 0.717) is 0 Å². The van der Waals surface area contributed by atoms with Crippen LogP contribution in [0.1, 0.15) is 27.2 Å². The molecule has 1 aliphatic rings. The van der Waals surface area contributed by atoms with Crippen LogP contribution >= 0.6 is 11.8 Å². The molecule has 0 amide bonds. The van der Waals surface area contributed by atoms with Gasteiger partial charge >= 0.3 is 5.97 Å². The Bertz CT molecular complexity index is 198. The molecule has 1 aliphatic heterocycles. The highest BCUT2D eigenvalue weighted by Gasteiger charge is 2.36. The molecule has 1 rings (SSSR count). The van der Waals surface area contributed by atoms with Crippen molar-refractivity contribution in [3.63, 3.8) is 0 Å². The predicted molar refractivity (Wildman–Crippen MR) is 53.1 cm³/mol. The lowest BCUT2D eigenvalue weighted by molar-refractivity contribution is -0.141. The quantitative estimate of drug-likeness (QED) is 0.744. The molecule has 0 aromatic heterocycles. The topological polar surface area (TPSA) is 46.5 Å². The Kier molecular flexibility index (Phi) is 3.24. The van der Waals surface area contributed by atoms with Gasteiger partial charge in [-0.25, -0.2) is 0 Å². The van der Waals surface area contributed by atoms with Gasteiger partial charge in [0.2, 0.25) is 0 Å². The Hall–Kier alpha value is -0.220. The number of carbonyl (C=O) groups is 1. The standard InChI is InChI=1S/C9H16O3S/c1-9(2,3)12-6-4-5-13-7(6)8(10)11/h6-7H,4-5H2,1-3H3,(H,10,11). The zero-order valence-electron chi connectivity index (χ0n) is 8.24. The average molecular weight is 204 g/mol. The summed E-state index contributed by atoms with van der Waals surface area (Å²) in [6.07, 6.45) is 0.723. The Morgan fingerprint density at radius 3 is 2.62 bits per heavy atom. The molecule has 2 unspecified atom stereocenters. The van der Waals surface area contributed by atoms with Crippen molar-refractivity contribution in [3.8, 4) is 0 Å². The van der Waals surface area contributed by atoms with Gasteiger partial charge in [-0.15, -0.1) is 11.8 Å². The molecule has 76 valence electrons. The molecule has 0 aliphatic carbocycles. The van der Waals surface area contributed by atoms with Crippen LogP contribution in [-0.2, 0) is 9.53 Å². The molecule has 0 bridgehead atoms. The molecule has 4 heteroatoms. The number of rotatable bonds is 2. The van der Waals surface area contributed by atoms with Crippen LogP contribution in [0, 0.1) is 0 Å². The number of thioether (sulfide) groups is 1. The summed E-state index contributed by atoms with van der Waals surface area (Å²) in [4.78, 5) is 10.8. The molecular weight excluding hydrogens is 188 g/mol. The van der Waals surface area contributed by atoms with Gasteiger partial charge in [-0.1, -0.05) is 0 Å². The minimum Gasteiger partial charge on any atom is -0.480 e. The minimum atomic E-state index is -0.753. The fourth-order valence-corrected chi connectivity index (χ4v) is 2.55. The molecule has 0 saturated carbocycles. The van der Waals surface area contributed by atoms with Gasteiger partial charge in [0.05, 0.1) is 11.7 Å². The highest BCUT2D eigenvalue weighted by Crippen LogP contribution is 2.31. The van der Waals surface area contributed by atoms with Crippen molar-refractivity contribution in [2.45, 2.75) is 44.1 Å². The third-order valence-electron chi connectivity index (χ3n) is 1.79. The predicted octanol–water partition coefficient (Wildman–Crippen LogP) is 1.76. The van der Waals surface area contributed by atoms with Crippen LogP contribution in [0.4, 0.5) is 0 Å². The third-order valence-corrected chi connectivity index (χ3v) is 3.12. The van der Waals surface area contributed by atoms with Gasteiger partial charge in [0.25, 0.3) is 0 Å². The van der Waals surface area contributed by atoms with E-state index in [1.54, 1.807) is 0 Å². The second-order valence-corrected chi connectivity index (χ2v) is 5.44. The molecule has 0 aromatic carbocycles. The van der Waals surface area contributed by atoms with Crippen molar-refractivity contribution in [2.75, 3.05) is 5.75 Å². The van der Waals surface area contributed by atoms with E-state index in [0.717, 1.165) is 12.2 Å². The van der Waals surface area contributed by atoms with Crippen LogP contribution in [0.5, 0.6) is 0 Å². The third kappa shape index (κ3) is 3.19. The summed E-state index contributed by atoms with van der Waals surface area (Å²) in [6.45, 7) is 5.86. The zero-order valence-corrected chi connectivity index (χ0v) is 9.06. The number of carboxylic acid groups (broad SMARTS) is 1. The van der Waals surface area contributed by atoms with E-state index in [4.69, 9.17) is 9.84 Å². The fourth-order valence-electron chi connectivity index (χ4n) is 1.38. The second-order valence-electron chi connectivity index (χ2n) is 4.19. The SMILES string of the molecule is CC(C)(C)OC1CCSC1C(=O)O. The molecule has 2 atom stereocenters. The van der Waals surface area contributed by atoms with E-state index in [1.165, 1.54) is 11.8 Å². The van der Waals surface area contributed by atoms with Crippen molar-refractivity contribution < 1.29 is 14.6 Å². The maximum absolute atomic E-state index is 10.8. The molecule has 1 saturated heterocycles. The molecule has 1 heterocycles. The maximum Gasteiger partial charge on any atom is 0.319 e. The zero-order chi connectivity index (χ0) is 10.1. The summed E-state index contributed by atoms with van der Waals surface area (Å²) in [7, 11) is 0. The molecule has 0 spiro atoms. The van der Waals surface area contributed by atoms with E-state index < -0.39 is 5.97 Å². The fraction of sp³-hybridized carbons (Fsp3) is 0.889. The van der Waals surface area contributed by atoms with Gasteiger partial charge in [-0.3, -0.25) is 4.79 Å². The van der Waals surface area contributed by atoms with Crippen molar-refractivity contribution in [2.24, 2.45) is 0 Å². The van der Waals surface area contributed by atoms with Crippen LogP contribution in [0.3, 0.4) is 0 Å².